The fourth-order valence-electron chi connectivity index (χ4n) is 1.40. The number of nitrogens with zero attached hydrogens (tertiary/aromatic N) is 1. The SMILES string of the molecule is CCOC(=O)N1CCCCOC(=O)CC1. The third kappa shape index (κ3) is 4.18. The Kier molecular flexibility index (Phi) is 4.93. The highest BCUT2D eigenvalue weighted by molar-refractivity contribution is 5.72. The van der Waals surface area contributed by atoms with Crippen molar-refractivity contribution in [2.75, 3.05) is 26.3 Å². The molecule has 1 saturated heterocycles. The third-order valence-corrected chi connectivity index (χ3v) is 2.20. The van der Waals surface area contributed by atoms with E-state index in [1.807, 2.05) is 0 Å². The molecule has 1 fully saturated rings. The van der Waals surface area contributed by atoms with E-state index in [4.69, 9.17) is 9.47 Å². The summed E-state index contributed by atoms with van der Waals surface area (Å²) in [7, 11) is 0. The first-order valence-electron chi connectivity index (χ1n) is 5.31. The molecule has 1 amide bonds. The third-order valence-electron chi connectivity index (χ3n) is 2.20. The smallest absolute Gasteiger partial charge is 0.409 e. The van der Waals surface area contributed by atoms with Crippen LogP contribution in [0.5, 0.6) is 0 Å². The molecule has 1 aliphatic heterocycles. The van der Waals surface area contributed by atoms with Crippen molar-refractivity contribution >= 4 is 12.1 Å². The molecule has 1 heterocycles. The van der Waals surface area contributed by atoms with Gasteiger partial charge in [0.25, 0.3) is 0 Å². The lowest BCUT2D eigenvalue weighted by molar-refractivity contribution is -0.143. The van der Waals surface area contributed by atoms with E-state index in [0.29, 0.717) is 26.3 Å². The van der Waals surface area contributed by atoms with Crippen molar-refractivity contribution in [2.24, 2.45) is 0 Å². The largest absolute Gasteiger partial charge is 0.466 e. The minimum atomic E-state index is -0.341. The van der Waals surface area contributed by atoms with E-state index in [-0.39, 0.29) is 18.5 Å². The summed E-state index contributed by atoms with van der Waals surface area (Å²) in [6, 6.07) is 0. The van der Waals surface area contributed by atoms with Gasteiger partial charge in [-0.15, -0.1) is 0 Å². The molecule has 86 valence electrons. The highest BCUT2D eigenvalue weighted by Gasteiger charge is 2.17. The topological polar surface area (TPSA) is 55.8 Å². The summed E-state index contributed by atoms with van der Waals surface area (Å²) in [5.41, 5.74) is 0. The van der Waals surface area contributed by atoms with Crippen molar-refractivity contribution in [2.45, 2.75) is 26.2 Å². The molecule has 0 aliphatic carbocycles. The number of amides is 1. The Labute approximate surface area is 89.3 Å². The van der Waals surface area contributed by atoms with E-state index in [0.717, 1.165) is 12.8 Å². The summed E-state index contributed by atoms with van der Waals surface area (Å²) >= 11 is 0. The summed E-state index contributed by atoms with van der Waals surface area (Å²) < 4.78 is 9.82. The molecule has 5 nitrogen and oxygen atoms in total. The number of cyclic esters (lactones) is 1. The number of ether oxygens (including phenoxy) is 2. The van der Waals surface area contributed by atoms with Crippen molar-refractivity contribution in [1.29, 1.82) is 0 Å². The first-order chi connectivity index (χ1) is 7.24. The maximum Gasteiger partial charge on any atom is 0.409 e. The van der Waals surface area contributed by atoms with Gasteiger partial charge in [0.05, 0.1) is 19.6 Å². The Balaban J connectivity index is 2.46. The van der Waals surface area contributed by atoms with Gasteiger partial charge >= 0.3 is 12.1 Å². The van der Waals surface area contributed by atoms with E-state index in [1.54, 1.807) is 11.8 Å². The number of rotatable bonds is 1. The molecule has 0 atom stereocenters. The van der Waals surface area contributed by atoms with Crippen LogP contribution in [0, 0.1) is 0 Å². The van der Waals surface area contributed by atoms with Crippen LogP contribution < -0.4 is 0 Å². The monoisotopic (exact) mass is 215 g/mol. The van der Waals surface area contributed by atoms with E-state index >= 15 is 0 Å². The van der Waals surface area contributed by atoms with Crippen LogP contribution in [0.2, 0.25) is 0 Å². The van der Waals surface area contributed by atoms with E-state index in [1.165, 1.54) is 0 Å². The Hall–Kier alpha value is -1.26. The van der Waals surface area contributed by atoms with Crippen LogP contribution in [-0.2, 0) is 14.3 Å². The summed E-state index contributed by atoms with van der Waals surface area (Å²) in [6.45, 7) is 3.60. The molecular weight excluding hydrogens is 198 g/mol. The van der Waals surface area contributed by atoms with Gasteiger partial charge < -0.3 is 14.4 Å². The summed E-state index contributed by atoms with van der Waals surface area (Å²) in [5.74, 6) is -0.244. The fraction of sp³-hybridized carbons (Fsp3) is 0.800. The highest BCUT2D eigenvalue weighted by Crippen LogP contribution is 2.05. The first kappa shape index (κ1) is 11.8. The average molecular weight is 215 g/mol. The fourth-order valence-corrected chi connectivity index (χ4v) is 1.40. The molecule has 1 aliphatic rings. The van der Waals surface area contributed by atoms with E-state index in [2.05, 4.69) is 0 Å². The molecular formula is C10H17NO4. The molecule has 0 spiro atoms. The van der Waals surface area contributed by atoms with Crippen molar-refractivity contribution in [3.63, 3.8) is 0 Å². The summed E-state index contributed by atoms with van der Waals surface area (Å²) in [5, 5.41) is 0. The van der Waals surface area contributed by atoms with Gasteiger partial charge in [-0.05, 0) is 19.8 Å². The molecule has 0 N–H and O–H groups in total. The lowest BCUT2D eigenvalue weighted by Crippen LogP contribution is -2.34. The number of hydrogen-bond donors (Lipinski definition) is 0. The Morgan fingerprint density at radius 2 is 2.27 bits per heavy atom. The van der Waals surface area contributed by atoms with Crippen LogP contribution >= 0.6 is 0 Å². The lowest BCUT2D eigenvalue weighted by Gasteiger charge is -2.19. The molecule has 0 unspecified atom stereocenters. The zero-order valence-electron chi connectivity index (χ0n) is 9.03. The average Bonchev–Trinajstić information content (AvgIpc) is 2.31. The second-order valence-electron chi connectivity index (χ2n) is 3.36. The zero-order chi connectivity index (χ0) is 11.1. The van der Waals surface area contributed by atoms with Gasteiger partial charge in [-0.2, -0.15) is 0 Å². The first-order valence-corrected chi connectivity index (χ1v) is 5.31. The lowest BCUT2D eigenvalue weighted by atomic mass is 10.3. The molecule has 0 radical (unpaired) electrons. The predicted molar refractivity (Wildman–Crippen MR) is 53.4 cm³/mol. The van der Waals surface area contributed by atoms with Crippen LogP contribution in [0.1, 0.15) is 26.2 Å². The molecule has 0 aromatic heterocycles. The van der Waals surface area contributed by atoms with Gasteiger partial charge in [0.1, 0.15) is 0 Å². The van der Waals surface area contributed by atoms with Crippen molar-refractivity contribution < 1.29 is 19.1 Å². The van der Waals surface area contributed by atoms with Gasteiger partial charge in [-0.25, -0.2) is 4.79 Å². The number of hydrogen-bond acceptors (Lipinski definition) is 4. The normalized spacial score (nSPS) is 18.5. The van der Waals surface area contributed by atoms with Crippen molar-refractivity contribution in [3.05, 3.63) is 0 Å². The molecule has 1 rings (SSSR count). The van der Waals surface area contributed by atoms with Crippen LogP contribution in [-0.4, -0.2) is 43.3 Å². The highest BCUT2D eigenvalue weighted by atomic mass is 16.6. The zero-order valence-corrected chi connectivity index (χ0v) is 9.03. The maximum absolute atomic E-state index is 11.4. The molecule has 0 aromatic carbocycles. The second-order valence-corrected chi connectivity index (χ2v) is 3.36. The second kappa shape index (κ2) is 6.27. The van der Waals surface area contributed by atoms with Crippen LogP contribution in [0.4, 0.5) is 4.79 Å². The van der Waals surface area contributed by atoms with E-state index in [9.17, 15) is 9.59 Å². The van der Waals surface area contributed by atoms with Crippen molar-refractivity contribution in [1.82, 2.24) is 4.90 Å². The molecule has 15 heavy (non-hydrogen) atoms. The van der Waals surface area contributed by atoms with Gasteiger partial charge in [-0.3, -0.25) is 4.79 Å². The van der Waals surface area contributed by atoms with Crippen LogP contribution in [0.3, 0.4) is 0 Å². The van der Waals surface area contributed by atoms with Gasteiger partial charge in [0.15, 0.2) is 0 Å². The van der Waals surface area contributed by atoms with Gasteiger partial charge in [0, 0.05) is 13.1 Å². The number of carbonyl (C=O) groups excluding carboxylic acids is 2. The minimum absolute atomic E-state index is 0.244. The molecule has 0 saturated carbocycles. The maximum atomic E-state index is 11.4. The molecule has 0 aromatic rings. The standard InChI is InChI=1S/C10H17NO4/c1-2-14-10(13)11-6-3-4-8-15-9(12)5-7-11/h2-8H2,1H3. The van der Waals surface area contributed by atoms with Crippen LogP contribution in [0.25, 0.3) is 0 Å². The van der Waals surface area contributed by atoms with Crippen molar-refractivity contribution in [3.8, 4) is 0 Å². The van der Waals surface area contributed by atoms with E-state index < -0.39 is 0 Å². The number of carbonyl (C=O) groups is 2. The van der Waals surface area contributed by atoms with Gasteiger partial charge in [0.2, 0.25) is 0 Å². The predicted octanol–water partition coefficient (Wildman–Crippen LogP) is 1.17. The summed E-state index contributed by atoms with van der Waals surface area (Å²) in [6.07, 6.45) is 1.54. The Morgan fingerprint density at radius 3 is 3.00 bits per heavy atom. The molecule has 0 bridgehead atoms. The molecule has 5 heteroatoms. The minimum Gasteiger partial charge on any atom is -0.466 e. The Bertz CT molecular complexity index is 229. The van der Waals surface area contributed by atoms with Crippen LogP contribution in [0.15, 0.2) is 0 Å². The number of esters is 1. The quantitative estimate of drug-likeness (QED) is 0.616. The Morgan fingerprint density at radius 1 is 1.47 bits per heavy atom. The summed E-state index contributed by atoms with van der Waals surface area (Å²) in [4.78, 5) is 24.1. The van der Waals surface area contributed by atoms with Gasteiger partial charge in [-0.1, -0.05) is 0 Å².